The number of rotatable bonds is 1. The van der Waals surface area contributed by atoms with E-state index in [4.69, 9.17) is 5.26 Å². The molecule has 1 heterocycles. The van der Waals surface area contributed by atoms with E-state index in [9.17, 15) is 4.39 Å². The van der Waals surface area contributed by atoms with Gasteiger partial charge in [-0.2, -0.15) is 5.26 Å². The molecule has 1 aliphatic rings. The van der Waals surface area contributed by atoms with E-state index in [2.05, 4.69) is 4.98 Å². The van der Waals surface area contributed by atoms with Gasteiger partial charge in [0.2, 0.25) is 0 Å². The SMILES string of the molecule is N#Cc1ncc(C2CC2)cc1F. The maximum Gasteiger partial charge on any atom is 0.176 e. The molecule has 0 saturated heterocycles. The number of hydrogen-bond acceptors (Lipinski definition) is 2. The summed E-state index contributed by atoms with van der Waals surface area (Å²) < 4.78 is 13.0. The highest BCUT2D eigenvalue weighted by atomic mass is 19.1. The van der Waals surface area contributed by atoms with Gasteiger partial charge in [-0.15, -0.1) is 0 Å². The molecule has 0 amide bonds. The number of nitrogens with zero attached hydrogens (tertiary/aromatic N) is 2. The van der Waals surface area contributed by atoms with Gasteiger partial charge < -0.3 is 0 Å². The average Bonchev–Trinajstić information content (AvgIpc) is 2.86. The van der Waals surface area contributed by atoms with Gasteiger partial charge in [0, 0.05) is 6.20 Å². The number of nitriles is 1. The second-order valence-electron chi connectivity index (χ2n) is 2.99. The van der Waals surface area contributed by atoms with Crippen LogP contribution in [0.25, 0.3) is 0 Å². The molecule has 12 heavy (non-hydrogen) atoms. The molecule has 1 aromatic heterocycles. The van der Waals surface area contributed by atoms with E-state index in [1.807, 2.05) is 0 Å². The Morgan fingerprint density at radius 3 is 2.83 bits per heavy atom. The van der Waals surface area contributed by atoms with E-state index < -0.39 is 5.82 Å². The Labute approximate surface area is 69.7 Å². The monoisotopic (exact) mass is 162 g/mol. The first-order chi connectivity index (χ1) is 5.81. The van der Waals surface area contributed by atoms with E-state index >= 15 is 0 Å². The van der Waals surface area contributed by atoms with Crippen LogP contribution in [-0.2, 0) is 0 Å². The lowest BCUT2D eigenvalue weighted by molar-refractivity contribution is 0.613. The minimum Gasteiger partial charge on any atom is -0.242 e. The van der Waals surface area contributed by atoms with Gasteiger partial charge in [-0.25, -0.2) is 9.37 Å². The summed E-state index contributed by atoms with van der Waals surface area (Å²) in [7, 11) is 0. The molecule has 0 aromatic carbocycles. The van der Waals surface area contributed by atoms with Crippen LogP contribution in [0.1, 0.15) is 30.0 Å². The predicted octanol–water partition coefficient (Wildman–Crippen LogP) is 1.97. The van der Waals surface area contributed by atoms with E-state index in [0.717, 1.165) is 18.4 Å². The summed E-state index contributed by atoms with van der Waals surface area (Å²) in [5, 5.41) is 8.41. The number of aromatic nitrogens is 1. The Morgan fingerprint density at radius 2 is 2.33 bits per heavy atom. The molecule has 3 heteroatoms. The maximum absolute atomic E-state index is 13.0. The fourth-order valence-electron chi connectivity index (χ4n) is 1.17. The molecule has 0 spiro atoms. The summed E-state index contributed by atoms with van der Waals surface area (Å²) in [6, 6.07) is 3.12. The molecule has 0 aliphatic heterocycles. The highest BCUT2D eigenvalue weighted by molar-refractivity contribution is 5.28. The third-order valence-corrected chi connectivity index (χ3v) is 2.02. The Morgan fingerprint density at radius 1 is 1.58 bits per heavy atom. The van der Waals surface area contributed by atoms with Crippen molar-refractivity contribution in [3.05, 3.63) is 29.3 Å². The van der Waals surface area contributed by atoms with Crippen molar-refractivity contribution in [2.75, 3.05) is 0 Å². The quantitative estimate of drug-likeness (QED) is 0.633. The van der Waals surface area contributed by atoms with E-state index in [-0.39, 0.29) is 5.69 Å². The first-order valence-corrected chi connectivity index (χ1v) is 3.87. The molecule has 0 atom stereocenters. The van der Waals surface area contributed by atoms with Gasteiger partial charge in [0.05, 0.1) is 0 Å². The Balaban J connectivity index is 2.38. The lowest BCUT2D eigenvalue weighted by Gasteiger charge is -1.97. The molecule has 0 unspecified atom stereocenters. The third kappa shape index (κ3) is 1.16. The van der Waals surface area contributed by atoms with Crippen LogP contribution >= 0.6 is 0 Å². The first kappa shape index (κ1) is 7.23. The van der Waals surface area contributed by atoms with Crippen LogP contribution in [0.15, 0.2) is 12.3 Å². The van der Waals surface area contributed by atoms with Crippen molar-refractivity contribution in [3.8, 4) is 6.07 Å². The van der Waals surface area contributed by atoms with Gasteiger partial charge in [-0.05, 0) is 30.4 Å². The van der Waals surface area contributed by atoms with Crippen LogP contribution in [0.3, 0.4) is 0 Å². The summed E-state index contributed by atoms with van der Waals surface area (Å²) in [5.41, 5.74) is 0.811. The van der Waals surface area contributed by atoms with E-state index in [0.29, 0.717) is 5.92 Å². The highest BCUT2D eigenvalue weighted by Gasteiger charge is 2.24. The molecular formula is C9H7FN2. The molecular weight excluding hydrogens is 155 g/mol. The van der Waals surface area contributed by atoms with Crippen molar-refractivity contribution in [1.82, 2.24) is 4.98 Å². The van der Waals surface area contributed by atoms with Gasteiger partial charge in [-0.1, -0.05) is 0 Å². The van der Waals surface area contributed by atoms with Crippen molar-refractivity contribution in [3.63, 3.8) is 0 Å². The molecule has 1 fully saturated rings. The van der Waals surface area contributed by atoms with E-state index in [1.54, 1.807) is 12.3 Å². The minimum absolute atomic E-state index is 0.112. The van der Waals surface area contributed by atoms with Crippen molar-refractivity contribution in [1.29, 1.82) is 5.26 Å². The standard InChI is InChI=1S/C9H7FN2/c10-8-3-7(6-1-2-6)5-12-9(8)4-11/h3,5-6H,1-2H2. The Kier molecular flexibility index (Phi) is 1.54. The van der Waals surface area contributed by atoms with Crippen molar-refractivity contribution in [2.45, 2.75) is 18.8 Å². The average molecular weight is 162 g/mol. The largest absolute Gasteiger partial charge is 0.242 e. The van der Waals surface area contributed by atoms with Crippen LogP contribution in [-0.4, -0.2) is 4.98 Å². The second kappa shape index (κ2) is 2.56. The topological polar surface area (TPSA) is 36.7 Å². The normalized spacial score (nSPS) is 15.7. The Hall–Kier alpha value is -1.43. The van der Waals surface area contributed by atoms with E-state index in [1.165, 1.54) is 6.07 Å². The Bertz CT molecular complexity index is 350. The molecule has 0 radical (unpaired) electrons. The fourth-order valence-corrected chi connectivity index (χ4v) is 1.17. The highest BCUT2D eigenvalue weighted by Crippen LogP contribution is 2.39. The molecule has 2 rings (SSSR count). The fraction of sp³-hybridized carbons (Fsp3) is 0.333. The summed E-state index contributed by atoms with van der Waals surface area (Å²) in [4.78, 5) is 3.72. The number of halogens is 1. The van der Waals surface area contributed by atoms with Crippen molar-refractivity contribution >= 4 is 0 Å². The molecule has 0 N–H and O–H groups in total. The van der Waals surface area contributed by atoms with Gasteiger partial charge in [0.15, 0.2) is 11.5 Å². The zero-order chi connectivity index (χ0) is 8.55. The van der Waals surface area contributed by atoms with Crippen LogP contribution in [0, 0.1) is 17.1 Å². The van der Waals surface area contributed by atoms with Crippen molar-refractivity contribution < 1.29 is 4.39 Å². The van der Waals surface area contributed by atoms with Crippen LogP contribution in [0.2, 0.25) is 0 Å². The zero-order valence-corrected chi connectivity index (χ0v) is 6.42. The third-order valence-electron chi connectivity index (χ3n) is 2.02. The van der Waals surface area contributed by atoms with Crippen LogP contribution in [0.5, 0.6) is 0 Å². The zero-order valence-electron chi connectivity index (χ0n) is 6.42. The van der Waals surface area contributed by atoms with Gasteiger partial charge in [0.1, 0.15) is 6.07 Å². The molecule has 1 aromatic rings. The van der Waals surface area contributed by atoms with Gasteiger partial charge in [-0.3, -0.25) is 0 Å². The summed E-state index contributed by atoms with van der Waals surface area (Å²) in [6.07, 6.45) is 3.83. The molecule has 0 bridgehead atoms. The smallest absolute Gasteiger partial charge is 0.176 e. The molecule has 1 saturated carbocycles. The predicted molar refractivity (Wildman–Crippen MR) is 40.9 cm³/mol. The lowest BCUT2D eigenvalue weighted by atomic mass is 10.2. The summed E-state index contributed by atoms with van der Waals surface area (Å²) in [6.45, 7) is 0. The van der Waals surface area contributed by atoms with Crippen molar-refractivity contribution in [2.24, 2.45) is 0 Å². The number of hydrogen-bond donors (Lipinski definition) is 0. The lowest BCUT2D eigenvalue weighted by Crippen LogP contribution is -1.91. The molecule has 60 valence electrons. The van der Waals surface area contributed by atoms with Gasteiger partial charge in [0.25, 0.3) is 0 Å². The molecule has 1 aliphatic carbocycles. The number of pyridine rings is 1. The summed E-state index contributed by atoms with van der Waals surface area (Å²) in [5.74, 6) is -0.0124. The van der Waals surface area contributed by atoms with Gasteiger partial charge >= 0.3 is 0 Å². The first-order valence-electron chi connectivity index (χ1n) is 3.87. The minimum atomic E-state index is -0.498. The van der Waals surface area contributed by atoms with Crippen LogP contribution in [0.4, 0.5) is 4.39 Å². The van der Waals surface area contributed by atoms with Crippen LogP contribution < -0.4 is 0 Å². The second-order valence-corrected chi connectivity index (χ2v) is 2.99. The maximum atomic E-state index is 13.0. The molecule has 2 nitrogen and oxygen atoms in total. The summed E-state index contributed by atoms with van der Waals surface area (Å²) >= 11 is 0.